The van der Waals surface area contributed by atoms with Crippen LogP contribution in [0.15, 0.2) is 0 Å². The van der Waals surface area contributed by atoms with Gasteiger partial charge >= 0.3 is 0 Å². The smallest absolute Gasteiger partial charge is 0.00669 e. The Hall–Kier alpha value is -0.0800. The molecule has 28 heavy (non-hydrogen) atoms. The number of hydrogen-bond donors (Lipinski definition) is 0. The Bertz CT molecular complexity index is 342. The van der Waals surface area contributed by atoms with E-state index in [2.05, 4.69) is 23.6 Å². The van der Waals surface area contributed by atoms with Crippen molar-refractivity contribution in [2.75, 3.05) is 32.7 Å². The zero-order valence-electron chi connectivity index (χ0n) is 19.6. The second-order valence-corrected chi connectivity index (χ2v) is 9.99. The molecule has 2 fully saturated rings. The summed E-state index contributed by atoms with van der Waals surface area (Å²) in [6.07, 6.45) is 24.7. The van der Waals surface area contributed by atoms with Crippen LogP contribution in [-0.2, 0) is 0 Å². The summed E-state index contributed by atoms with van der Waals surface area (Å²) < 4.78 is 0. The highest BCUT2D eigenvalue weighted by Gasteiger charge is 2.22. The molecule has 0 aromatic rings. The Balaban J connectivity index is 1.41. The molecule has 1 atom stereocenters. The topological polar surface area (TPSA) is 6.48 Å². The molecule has 2 aliphatic heterocycles. The van der Waals surface area contributed by atoms with Crippen molar-refractivity contribution >= 4 is 0 Å². The predicted octanol–water partition coefficient (Wildman–Crippen LogP) is 7.27. The van der Waals surface area contributed by atoms with Crippen molar-refractivity contribution in [2.24, 2.45) is 5.92 Å². The normalized spacial score (nSPS) is 21.2. The van der Waals surface area contributed by atoms with E-state index in [4.69, 9.17) is 0 Å². The summed E-state index contributed by atoms with van der Waals surface area (Å²) in [7, 11) is 0. The fourth-order valence-corrected chi connectivity index (χ4v) is 5.39. The van der Waals surface area contributed by atoms with Gasteiger partial charge in [-0.2, -0.15) is 0 Å². The highest BCUT2D eigenvalue weighted by molar-refractivity contribution is 4.76. The average Bonchev–Trinajstić information content (AvgIpc) is 2.74. The Morgan fingerprint density at radius 1 is 0.714 bits per heavy atom. The van der Waals surface area contributed by atoms with Gasteiger partial charge in [0.25, 0.3) is 0 Å². The molecule has 2 heterocycles. The zero-order valence-corrected chi connectivity index (χ0v) is 19.6. The molecule has 0 radical (unpaired) electrons. The van der Waals surface area contributed by atoms with Gasteiger partial charge in [0.1, 0.15) is 0 Å². The second-order valence-electron chi connectivity index (χ2n) is 9.99. The van der Waals surface area contributed by atoms with E-state index in [1.807, 2.05) is 0 Å². The highest BCUT2D eigenvalue weighted by atomic mass is 15.2. The van der Waals surface area contributed by atoms with Crippen LogP contribution >= 0.6 is 0 Å². The monoisotopic (exact) mass is 392 g/mol. The maximum Gasteiger partial charge on any atom is 0.00669 e. The average molecular weight is 393 g/mol. The molecule has 0 N–H and O–H groups in total. The van der Waals surface area contributed by atoms with E-state index in [9.17, 15) is 0 Å². The van der Waals surface area contributed by atoms with E-state index in [-0.39, 0.29) is 0 Å². The van der Waals surface area contributed by atoms with E-state index in [1.54, 1.807) is 0 Å². The fraction of sp³-hybridized carbons (Fsp3) is 1.00. The van der Waals surface area contributed by atoms with Gasteiger partial charge in [0.2, 0.25) is 0 Å². The van der Waals surface area contributed by atoms with Crippen LogP contribution in [0.25, 0.3) is 0 Å². The molecular weight excluding hydrogens is 340 g/mol. The zero-order chi connectivity index (χ0) is 19.9. The van der Waals surface area contributed by atoms with Gasteiger partial charge in [0, 0.05) is 6.04 Å². The summed E-state index contributed by atoms with van der Waals surface area (Å²) in [6, 6.07) is 0.820. The van der Waals surface area contributed by atoms with Gasteiger partial charge in [-0.05, 0) is 84.1 Å². The van der Waals surface area contributed by atoms with Gasteiger partial charge in [0.05, 0.1) is 0 Å². The molecule has 166 valence electrons. The summed E-state index contributed by atoms with van der Waals surface area (Å²) in [6.45, 7) is 11.6. The highest BCUT2D eigenvalue weighted by Crippen LogP contribution is 2.25. The predicted molar refractivity (Wildman–Crippen MR) is 125 cm³/mol. The minimum atomic E-state index is 0.820. The summed E-state index contributed by atoms with van der Waals surface area (Å²) in [5, 5.41) is 0. The Labute approximate surface area is 177 Å². The molecule has 0 aromatic heterocycles. The lowest BCUT2D eigenvalue weighted by Crippen LogP contribution is -2.40. The lowest BCUT2D eigenvalue weighted by molar-refractivity contribution is 0.128. The van der Waals surface area contributed by atoms with Gasteiger partial charge in [-0.1, -0.05) is 77.6 Å². The van der Waals surface area contributed by atoms with E-state index in [0.717, 1.165) is 12.0 Å². The van der Waals surface area contributed by atoms with Crippen molar-refractivity contribution in [2.45, 2.75) is 129 Å². The van der Waals surface area contributed by atoms with Crippen molar-refractivity contribution in [3.63, 3.8) is 0 Å². The number of rotatable bonds is 15. The first-order chi connectivity index (χ1) is 13.8. The minimum absolute atomic E-state index is 0.820. The molecule has 2 rings (SSSR count). The van der Waals surface area contributed by atoms with Gasteiger partial charge < -0.3 is 9.80 Å². The van der Waals surface area contributed by atoms with Crippen LogP contribution in [0.4, 0.5) is 0 Å². The number of unbranched alkanes of at least 4 members (excludes halogenated alkanes) is 8. The van der Waals surface area contributed by atoms with Gasteiger partial charge in [-0.15, -0.1) is 0 Å². The Kier molecular flexibility index (Phi) is 13.6. The third-order valence-corrected chi connectivity index (χ3v) is 7.53. The van der Waals surface area contributed by atoms with Gasteiger partial charge in [0.15, 0.2) is 0 Å². The number of piperidine rings is 2. The largest absolute Gasteiger partial charge is 0.303 e. The first kappa shape index (κ1) is 24.2. The van der Waals surface area contributed by atoms with E-state index >= 15 is 0 Å². The standard InChI is InChI=1S/C26H52N2/c1-3-4-5-6-7-8-9-11-16-25(2)28-23-18-26(19-24-28)17-12-15-22-27-20-13-10-14-21-27/h25-26H,3-24H2,1-2H3. The summed E-state index contributed by atoms with van der Waals surface area (Å²) in [4.78, 5) is 5.50. The van der Waals surface area contributed by atoms with Gasteiger partial charge in [-0.3, -0.25) is 0 Å². The second kappa shape index (κ2) is 15.7. The lowest BCUT2D eigenvalue weighted by atomic mass is 9.90. The van der Waals surface area contributed by atoms with Crippen molar-refractivity contribution in [3.8, 4) is 0 Å². The van der Waals surface area contributed by atoms with Crippen LogP contribution < -0.4 is 0 Å². The summed E-state index contributed by atoms with van der Waals surface area (Å²) in [5.74, 6) is 1.02. The maximum atomic E-state index is 2.80. The van der Waals surface area contributed by atoms with E-state index < -0.39 is 0 Å². The van der Waals surface area contributed by atoms with Crippen LogP contribution in [0.2, 0.25) is 0 Å². The van der Waals surface area contributed by atoms with Crippen LogP contribution in [0.1, 0.15) is 123 Å². The van der Waals surface area contributed by atoms with Crippen LogP contribution in [0, 0.1) is 5.92 Å². The van der Waals surface area contributed by atoms with Crippen molar-refractivity contribution in [1.82, 2.24) is 9.80 Å². The van der Waals surface area contributed by atoms with Gasteiger partial charge in [-0.25, -0.2) is 0 Å². The quantitative estimate of drug-likeness (QED) is 0.270. The number of hydrogen-bond acceptors (Lipinski definition) is 2. The van der Waals surface area contributed by atoms with Crippen LogP contribution in [0.5, 0.6) is 0 Å². The SMILES string of the molecule is CCCCCCCCCCC(C)N1CCC(CCCCN2CCCCC2)CC1. The third kappa shape index (κ3) is 10.6. The molecule has 2 nitrogen and oxygen atoms in total. The van der Waals surface area contributed by atoms with Crippen LogP contribution in [-0.4, -0.2) is 48.6 Å². The molecule has 0 aromatic carbocycles. The first-order valence-electron chi connectivity index (χ1n) is 13.3. The third-order valence-electron chi connectivity index (χ3n) is 7.53. The Morgan fingerprint density at radius 2 is 1.36 bits per heavy atom. The van der Waals surface area contributed by atoms with Crippen molar-refractivity contribution in [3.05, 3.63) is 0 Å². The number of likely N-dealkylation sites (tertiary alicyclic amines) is 2. The lowest BCUT2D eigenvalue weighted by Gasteiger charge is -2.36. The molecule has 2 saturated heterocycles. The number of nitrogens with zero attached hydrogens (tertiary/aromatic N) is 2. The van der Waals surface area contributed by atoms with Crippen LogP contribution in [0.3, 0.4) is 0 Å². The molecule has 2 aliphatic rings. The fourth-order valence-electron chi connectivity index (χ4n) is 5.39. The molecule has 0 amide bonds. The van der Waals surface area contributed by atoms with E-state index in [1.165, 1.54) is 142 Å². The Morgan fingerprint density at radius 3 is 2.04 bits per heavy atom. The van der Waals surface area contributed by atoms with Crippen molar-refractivity contribution < 1.29 is 0 Å². The molecule has 2 heteroatoms. The van der Waals surface area contributed by atoms with E-state index in [0.29, 0.717) is 0 Å². The maximum absolute atomic E-state index is 2.80. The molecule has 0 spiro atoms. The minimum Gasteiger partial charge on any atom is -0.303 e. The molecule has 0 saturated carbocycles. The first-order valence-corrected chi connectivity index (χ1v) is 13.3. The van der Waals surface area contributed by atoms with Crippen molar-refractivity contribution in [1.29, 1.82) is 0 Å². The summed E-state index contributed by atoms with van der Waals surface area (Å²) in [5.41, 5.74) is 0. The molecule has 1 unspecified atom stereocenters. The summed E-state index contributed by atoms with van der Waals surface area (Å²) >= 11 is 0. The molecular formula is C26H52N2. The molecule has 0 aliphatic carbocycles. The molecule has 0 bridgehead atoms.